The number of amides is 2. The number of rotatable bonds is 3. The summed E-state index contributed by atoms with van der Waals surface area (Å²) in [7, 11) is 0. The molecule has 0 saturated carbocycles. The quantitative estimate of drug-likeness (QED) is 0.521. The number of fused-ring (bicyclic) bond motifs is 3. The topological polar surface area (TPSA) is 67.2 Å². The highest BCUT2D eigenvalue weighted by Gasteiger charge is 2.29. The third-order valence-corrected chi connectivity index (χ3v) is 4.96. The summed E-state index contributed by atoms with van der Waals surface area (Å²) >= 11 is 0. The van der Waals surface area contributed by atoms with Crippen molar-refractivity contribution in [1.29, 1.82) is 0 Å². The van der Waals surface area contributed by atoms with Crippen LogP contribution in [0.25, 0.3) is 22.4 Å². The lowest BCUT2D eigenvalue weighted by Crippen LogP contribution is -2.32. The highest BCUT2D eigenvalue weighted by atomic mass is 16.3. The fourth-order valence-corrected chi connectivity index (χ4v) is 3.74. The van der Waals surface area contributed by atoms with E-state index in [0.717, 1.165) is 27.8 Å². The molecule has 28 heavy (non-hydrogen) atoms. The predicted molar refractivity (Wildman–Crippen MR) is 108 cm³/mol. The van der Waals surface area contributed by atoms with E-state index >= 15 is 0 Å². The van der Waals surface area contributed by atoms with E-state index < -0.39 is 0 Å². The molecule has 2 aromatic heterocycles. The Morgan fingerprint density at radius 1 is 0.893 bits per heavy atom. The lowest BCUT2D eigenvalue weighted by molar-refractivity contribution is 0.250. The normalized spacial score (nSPS) is 12.3. The van der Waals surface area contributed by atoms with E-state index in [4.69, 9.17) is 4.42 Å². The minimum atomic E-state index is -0.283. The zero-order chi connectivity index (χ0) is 18.9. The van der Waals surface area contributed by atoms with Crippen molar-refractivity contribution in [1.82, 2.24) is 10.3 Å². The number of benzene rings is 2. The van der Waals surface area contributed by atoms with Gasteiger partial charge in [0.2, 0.25) is 0 Å². The van der Waals surface area contributed by atoms with Crippen LogP contribution in [0.2, 0.25) is 0 Å². The van der Waals surface area contributed by atoms with Gasteiger partial charge in [-0.3, -0.25) is 4.98 Å². The largest absolute Gasteiger partial charge is 0.472 e. The SMILES string of the molecule is O=C(Nc1cccnc1-c1ccoc1)NC1c2ccccc2-c2ccccc21. The molecule has 4 aromatic rings. The van der Waals surface area contributed by atoms with E-state index in [1.807, 2.05) is 36.4 Å². The van der Waals surface area contributed by atoms with Crippen molar-refractivity contribution in [3.63, 3.8) is 0 Å². The van der Waals surface area contributed by atoms with Crippen LogP contribution in [0.4, 0.5) is 10.5 Å². The molecule has 0 atom stereocenters. The van der Waals surface area contributed by atoms with Crippen molar-refractivity contribution in [3.05, 3.63) is 96.6 Å². The van der Waals surface area contributed by atoms with Gasteiger partial charge in [0.1, 0.15) is 0 Å². The minimum absolute atomic E-state index is 0.193. The Hall–Kier alpha value is -3.86. The third kappa shape index (κ3) is 2.74. The fraction of sp³-hybridized carbons (Fsp3) is 0.0435. The van der Waals surface area contributed by atoms with Crippen molar-refractivity contribution in [2.75, 3.05) is 5.32 Å². The molecule has 2 aromatic carbocycles. The number of hydrogen-bond donors (Lipinski definition) is 2. The van der Waals surface area contributed by atoms with Gasteiger partial charge in [-0.1, -0.05) is 48.5 Å². The number of carbonyl (C=O) groups excluding carboxylic acids is 1. The maximum Gasteiger partial charge on any atom is 0.320 e. The van der Waals surface area contributed by atoms with Crippen LogP contribution < -0.4 is 10.6 Å². The van der Waals surface area contributed by atoms with Crippen molar-refractivity contribution >= 4 is 11.7 Å². The molecule has 136 valence electrons. The first kappa shape index (κ1) is 16.3. The number of carbonyl (C=O) groups is 1. The second-order valence-corrected chi connectivity index (χ2v) is 6.62. The molecule has 2 amide bonds. The van der Waals surface area contributed by atoms with Gasteiger partial charge in [0.15, 0.2) is 0 Å². The van der Waals surface area contributed by atoms with Crippen molar-refractivity contribution in [3.8, 4) is 22.4 Å². The molecule has 2 heterocycles. The number of nitrogens with zero attached hydrogens (tertiary/aromatic N) is 1. The highest BCUT2D eigenvalue weighted by Crippen LogP contribution is 2.43. The lowest BCUT2D eigenvalue weighted by atomic mass is 10.1. The first-order chi connectivity index (χ1) is 13.8. The average Bonchev–Trinajstić information content (AvgIpc) is 3.36. The van der Waals surface area contributed by atoms with Crippen LogP contribution in [-0.2, 0) is 0 Å². The number of urea groups is 1. The molecule has 0 radical (unpaired) electrons. The van der Waals surface area contributed by atoms with E-state index in [2.05, 4.69) is 39.9 Å². The van der Waals surface area contributed by atoms with E-state index in [1.165, 1.54) is 0 Å². The Morgan fingerprint density at radius 2 is 1.61 bits per heavy atom. The zero-order valence-electron chi connectivity index (χ0n) is 14.9. The van der Waals surface area contributed by atoms with Gasteiger partial charge < -0.3 is 15.1 Å². The van der Waals surface area contributed by atoms with Crippen LogP contribution in [-0.4, -0.2) is 11.0 Å². The Kier molecular flexibility index (Phi) is 3.91. The maximum atomic E-state index is 12.8. The van der Waals surface area contributed by atoms with Gasteiger partial charge in [-0.15, -0.1) is 0 Å². The molecule has 0 spiro atoms. The number of aromatic nitrogens is 1. The summed E-state index contributed by atoms with van der Waals surface area (Å²) < 4.78 is 5.15. The number of nitrogens with one attached hydrogen (secondary N) is 2. The Bertz CT molecular complexity index is 1110. The van der Waals surface area contributed by atoms with Gasteiger partial charge >= 0.3 is 6.03 Å². The average molecular weight is 367 g/mol. The summed E-state index contributed by atoms with van der Waals surface area (Å²) in [5.41, 5.74) is 6.61. The smallest absolute Gasteiger partial charge is 0.320 e. The van der Waals surface area contributed by atoms with Crippen molar-refractivity contribution in [2.45, 2.75) is 6.04 Å². The monoisotopic (exact) mass is 367 g/mol. The van der Waals surface area contributed by atoms with Gasteiger partial charge in [0.05, 0.1) is 29.9 Å². The van der Waals surface area contributed by atoms with E-state index in [0.29, 0.717) is 11.4 Å². The van der Waals surface area contributed by atoms with Crippen molar-refractivity contribution < 1.29 is 9.21 Å². The molecular formula is C23H17N3O2. The molecule has 1 aliphatic carbocycles. The highest BCUT2D eigenvalue weighted by molar-refractivity contribution is 5.94. The molecular weight excluding hydrogens is 350 g/mol. The van der Waals surface area contributed by atoms with E-state index in [1.54, 1.807) is 24.8 Å². The molecule has 0 bridgehead atoms. The molecule has 5 nitrogen and oxygen atoms in total. The number of anilines is 1. The fourth-order valence-electron chi connectivity index (χ4n) is 3.74. The van der Waals surface area contributed by atoms with Gasteiger partial charge in [0, 0.05) is 11.8 Å². The molecule has 0 unspecified atom stereocenters. The molecule has 5 rings (SSSR count). The van der Waals surface area contributed by atoms with Gasteiger partial charge in [-0.05, 0) is 40.5 Å². The first-order valence-electron chi connectivity index (χ1n) is 9.04. The Balaban J connectivity index is 1.43. The van der Waals surface area contributed by atoms with Crippen LogP contribution in [0.1, 0.15) is 17.2 Å². The van der Waals surface area contributed by atoms with Gasteiger partial charge in [-0.2, -0.15) is 0 Å². The summed E-state index contributed by atoms with van der Waals surface area (Å²) in [5.74, 6) is 0. The Morgan fingerprint density at radius 3 is 2.29 bits per heavy atom. The molecule has 0 aliphatic heterocycles. The molecule has 2 N–H and O–H groups in total. The third-order valence-electron chi connectivity index (χ3n) is 4.96. The summed E-state index contributed by atoms with van der Waals surface area (Å²) in [6.45, 7) is 0. The summed E-state index contributed by atoms with van der Waals surface area (Å²) in [6, 6.07) is 21.3. The molecule has 0 fully saturated rings. The Labute approximate surface area is 162 Å². The minimum Gasteiger partial charge on any atom is -0.472 e. The summed E-state index contributed by atoms with van der Waals surface area (Å²) in [6.07, 6.45) is 4.88. The van der Waals surface area contributed by atoms with Crippen LogP contribution in [0.5, 0.6) is 0 Å². The molecule has 1 aliphatic rings. The van der Waals surface area contributed by atoms with E-state index in [9.17, 15) is 4.79 Å². The summed E-state index contributed by atoms with van der Waals surface area (Å²) in [4.78, 5) is 17.2. The second-order valence-electron chi connectivity index (χ2n) is 6.62. The number of furan rings is 1. The van der Waals surface area contributed by atoms with Crippen LogP contribution >= 0.6 is 0 Å². The van der Waals surface area contributed by atoms with Crippen LogP contribution in [0.3, 0.4) is 0 Å². The molecule has 5 heteroatoms. The lowest BCUT2D eigenvalue weighted by Gasteiger charge is -2.17. The predicted octanol–water partition coefficient (Wildman–Crippen LogP) is 5.23. The first-order valence-corrected chi connectivity index (χ1v) is 9.04. The maximum absolute atomic E-state index is 12.8. The van der Waals surface area contributed by atoms with E-state index in [-0.39, 0.29) is 12.1 Å². The zero-order valence-corrected chi connectivity index (χ0v) is 14.9. The standard InChI is InChI=1S/C23H17N3O2/c27-23(25-20-10-5-12-24-21(20)15-11-13-28-14-15)26-22-18-8-3-1-6-16(18)17-7-2-4-9-19(17)22/h1-14,22H,(H2,25,26,27). The van der Waals surface area contributed by atoms with Crippen LogP contribution in [0.15, 0.2) is 89.9 Å². The number of hydrogen-bond acceptors (Lipinski definition) is 3. The van der Waals surface area contributed by atoms with Crippen LogP contribution in [0, 0.1) is 0 Å². The molecule has 0 saturated heterocycles. The number of pyridine rings is 1. The second kappa shape index (κ2) is 6.70. The van der Waals surface area contributed by atoms with Gasteiger partial charge in [0.25, 0.3) is 0 Å². The van der Waals surface area contributed by atoms with Crippen molar-refractivity contribution in [2.24, 2.45) is 0 Å². The summed E-state index contributed by atoms with van der Waals surface area (Å²) in [5, 5.41) is 6.04. The van der Waals surface area contributed by atoms with Gasteiger partial charge in [-0.25, -0.2) is 4.79 Å².